The second-order valence-corrected chi connectivity index (χ2v) is 3.48. The Hall–Kier alpha value is -2.01. The van der Waals surface area contributed by atoms with Gasteiger partial charge in [0.2, 0.25) is 0 Å². The number of phenols is 1. The van der Waals surface area contributed by atoms with Crippen LogP contribution in [0, 0.1) is 11.3 Å². The summed E-state index contributed by atoms with van der Waals surface area (Å²) in [6.45, 7) is 0. The zero-order chi connectivity index (χ0) is 10.7. The molecule has 2 nitrogen and oxygen atoms in total. The molecule has 0 aliphatic heterocycles. The predicted octanol–water partition coefficient (Wildman–Crippen LogP) is 3.00. The van der Waals surface area contributed by atoms with E-state index in [1.165, 1.54) is 0 Å². The lowest BCUT2D eigenvalue weighted by atomic mass is 10.0. The average Bonchev–Trinajstić information content (AvgIpc) is 2.26. The number of phenolic OH excluding ortho intramolecular Hbond substituents is 1. The highest BCUT2D eigenvalue weighted by molar-refractivity contribution is 5.87. The van der Waals surface area contributed by atoms with E-state index in [4.69, 9.17) is 5.26 Å². The third kappa shape index (κ3) is 1.92. The zero-order valence-electron chi connectivity index (χ0n) is 8.27. The number of aromatic hydroxyl groups is 1. The van der Waals surface area contributed by atoms with Crippen LogP contribution in [0.2, 0.25) is 0 Å². The van der Waals surface area contributed by atoms with Crippen LogP contribution in [0.1, 0.15) is 12.0 Å². The molecule has 0 saturated heterocycles. The van der Waals surface area contributed by atoms with Crippen molar-refractivity contribution >= 4 is 10.8 Å². The summed E-state index contributed by atoms with van der Waals surface area (Å²) in [7, 11) is 0. The van der Waals surface area contributed by atoms with Gasteiger partial charge in [-0.15, -0.1) is 0 Å². The molecule has 2 aromatic rings. The minimum Gasteiger partial charge on any atom is -0.508 e. The standard InChI is InChI=1S/C13H11NO/c14-8-2-5-10-3-1-4-11-6-7-12(15)9-13(10)11/h1,3-4,6-7,9,15H,2,5H2. The molecule has 1 N–H and O–H groups in total. The molecule has 2 rings (SSSR count). The van der Waals surface area contributed by atoms with Crippen LogP contribution in [-0.2, 0) is 6.42 Å². The monoisotopic (exact) mass is 197 g/mol. The molecule has 0 unspecified atom stereocenters. The number of hydrogen-bond donors (Lipinski definition) is 1. The van der Waals surface area contributed by atoms with Crippen LogP contribution in [0.5, 0.6) is 5.75 Å². The summed E-state index contributed by atoms with van der Waals surface area (Å²) >= 11 is 0. The third-order valence-electron chi connectivity index (χ3n) is 2.46. The molecule has 0 bridgehead atoms. The molecule has 74 valence electrons. The Morgan fingerprint density at radius 2 is 2.07 bits per heavy atom. The first-order chi connectivity index (χ1) is 7.31. The minimum atomic E-state index is 0.270. The second kappa shape index (κ2) is 4.02. The smallest absolute Gasteiger partial charge is 0.116 e. The maximum atomic E-state index is 9.42. The summed E-state index contributed by atoms with van der Waals surface area (Å²) in [6, 6.07) is 13.4. The fraction of sp³-hybridized carbons (Fsp3) is 0.154. The van der Waals surface area contributed by atoms with Gasteiger partial charge in [-0.2, -0.15) is 5.26 Å². The van der Waals surface area contributed by atoms with Gasteiger partial charge in [0.1, 0.15) is 5.75 Å². The second-order valence-electron chi connectivity index (χ2n) is 3.48. The molecule has 0 atom stereocenters. The van der Waals surface area contributed by atoms with Crippen molar-refractivity contribution in [3.8, 4) is 11.8 Å². The van der Waals surface area contributed by atoms with Crippen LogP contribution in [0.3, 0.4) is 0 Å². The van der Waals surface area contributed by atoms with E-state index < -0.39 is 0 Å². The molecule has 0 fully saturated rings. The number of rotatable bonds is 2. The predicted molar refractivity (Wildman–Crippen MR) is 59.5 cm³/mol. The Labute approximate surface area is 88.4 Å². The summed E-state index contributed by atoms with van der Waals surface area (Å²) in [5.41, 5.74) is 1.12. The van der Waals surface area contributed by atoms with Crippen LogP contribution in [0.4, 0.5) is 0 Å². The molecule has 15 heavy (non-hydrogen) atoms. The van der Waals surface area contributed by atoms with Crippen LogP contribution < -0.4 is 0 Å². The number of hydrogen-bond acceptors (Lipinski definition) is 2. The molecule has 0 amide bonds. The molecule has 0 aromatic heterocycles. The van der Waals surface area contributed by atoms with E-state index in [1.54, 1.807) is 12.1 Å². The number of nitrogens with zero attached hydrogens (tertiary/aromatic N) is 1. The molecule has 0 radical (unpaired) electrons. The van der Waals surface area contributed by atoms with E-state index in [1.807, 2.05) is 24.3 Å². The molecule has 0 aliphatic carbocycles. The topological polar surface area (TPSA) is 44.0 Å². The van der Waals surface area contributed by atoms with Gasteiger partial charge in [-0.25, -0.2) is 0 Å². The maximum Gasteiger partial charge on any atom is 0.116 e. The minimum absolute atomic E-state index is 0.270. The van der Waals surface area contributed by atoms with Gasteiger partial charge in [0.05, 0.1) is 6.07 Å². The fourth-order valence-electron chi connectivity index (χ4n) is 1.73. The normalized spacial score (nSPS) is 10.1. The van der Waals surface area contributed by atoms with Crippen molar-refractivity contribution in [1.82, 2.24) is 0 Å². The van der Waals surface area contributed by atoms with Crippen molar-refractivity contribution < 1.29 is 5.11 Å². The fourth-order valence-corrected chi connectivity index (χ4v) is 1.73. The zero-order valence-corrected chi connectivity index (χ0v) is 8.27. The average molecular weight is 197 g/mol. The quantitative estimate of drug-likeness (QED) is 0.804. The Morgan fingerprint density at radius 1 is 1.20 bits per heavy atom. The van der Waals surface area contributed by atoms with E-state index in [2.05, 4.69) is 6.07 Å². The largest absolute Gasteiger partial charge is 0.508 e. The Kier molecular flexibility index (Phi) is 2.55. The number of nitriles is 1. The van der Waals surface area contributed by atoms with E-state index >= 15 is 0 Å². The first-order valence-electron chi connectivity index (χ1n) is 4.89. The van der Waals surface area contributed by atoms with Crippen LogP contribution in [-0.4, -0.2) is 5.11 Å². The van der Waals surface area contributed by atoms with Gasteiger partial charge in [-0.3, -0.25) is 0 Å². The highest BCUT2D eigenvalue weighted by Crippen LogP contribution is 2.24. The third-order valence-corrected chi connectivity index (χ3v) is 2.46. The van der Waals surface area contributed by atoms with Gasteiger partial charge in [0.25, 0.3) is 0 Å². The van der Waals surface area contributed by atoms with Crippen molar-refractivity contribution in [2.24, 2.45) is 0 Å². The summed E-state index contributed by atoms with van der Waals surface area (Å²) < 4.78 is 0. The first kappa shape index (κ1) is 9.54. The van der Waals surface area contributed by atoms with E-state index in [0.717, 1.165) is 22.8 Å². The van der Waals surface area contributed by atoms with Gasteiger partial charge in [0, 0.05) is 6.42 Å². The molecular weight excluding hydrogens is 186 g/mol. The highest BCUT2D eigenvalue weighted by atomic mass is 16.3. The van der Waals surface area contributed by atoms with E-state index in [0.29, 0.717) is 6.42 Å². The lowest BCUT2D eigenvalue weighted by molar-refractivity contribution is 0.476. The van der Waals surface area contributed by atoms with Crippen molar-refractivity contribution in [2.75, 3.05) is 0 Å². The van der Waals surface area contributed by atoms with Crippen LogP contribution in [0.15, 0.2) is 36.4 Å². The van der Waals surface area contributed by atoms with Crippen molar-refractivity contribution in [3.05, 3.63) is 42.0 Å². The first-order valence-corrected chi connectivity index (χ1v) is 4.89. The van der Waals surface area contributed by atoms with Gasteiger partial charge < -0.3 is 5.11 Å². The molecule has 0 spiro atoms. The molecule has 0 heterocycles. The summed E-state index contributed by atoms with van der Waals surface area (Å²) in [5, 5.41) is 20.1. The van der Waals surface area contributed by atoms with Crippen LogP contribution in [0.25, 0.3) is 10.8 Å². The Morgan fingerprint density at radius 3 is 2.87 bits per heavy atom. The maximum absolute atomic E-state index is 9.42. The van der Waals surface area contributed by atoms with Crippen molar-refractivity contribution in [1.29, 1.82) is 5.26 Å². The highest BCUT2D eigenvalue weighted by Gasteiger charge is 2.01. The lowest BCUT2D eigenvalue weighted by Crippen LogP contribution is -1.86. The molecule has 0 aliphatic rings. The molecule has 2 aromatic carbocycles. The van der Waals surface area contributed by atoms with Crippen molar-refractivity contribution in [3.63, 3.8) is 0 Å². The SMILES string of the molecule is N#CCCc1cccc2ccc(O)cc12. The summed E-state index contributed by atoms with van der Waals surface area (Å²) in [5.74, 6) is 0.270. The number of fused-ring (bicyclic) bond motifs is 1. The molecule has 2 heteroatoms. The van der Waals surface area contributed by atoms with Gasteiger partial charge in [-0.1, -0.05) is 24.3 Å². The summed E-state index contributed by atoms with van der Waals surface area (Å²) in [6.07, 6.45) is 1.24. The summed E-state index contributed by atoms with van der Waals surface area (Å²) in [4.78, 5) is 0. The number of benzene rings is 2. The van der Waals surface area contributed by atoms with Crippen molar-refractivity contribution in [2.45, 2.75) is 12.8 Å². The molecule has 0 saturated carbocycles. The lowest BCUT2D eigenvalue weighted by Gasteiger charge is -2.04. The van der Waals surface area contributed by atoms with Gasteiger partial charge in [-0.05, 0) is 34.9 Å². The van der Waals surface area contributed by atoms with Gasteiger partial charge >= 0.3 is 0 Å². The Balaban J connectivity index is 2.54. The Bertz CT molecular complexity index is 526. The van der Waals surface area contributed by atoms with Gasteiger partial charge in [0.15, 0.2) is 0 Å². The van der Waals surface area contributed by atoms with E-state index in [9.17, 15) is 5.11 Å². The number of aryl methyl sites for hydroxylation is 1. The van der Waals surface area contributed by atoms with E-state index in [-0.39, 0.29) is 5.75 Å². The molecular formula is C13H11NO. The van der Waals surface area contributed by atoms with Crippen LogP contribution >= 0.6 is 0 Å².